The van der Waals surface area contributed by atoms with Crippen molar-refractivity contribution in [3.63, 3.8) is 0 Å². The van der Waals surface area contributed by atoms with E-state index in [1.165, 1.54) is 0 Å². The summed E-state index contributed by atoms with van der Waals surface area (Å²) in [5.41, 5.74) is 5.32. The molecule has 0 radical (unpaired) electrons. The summed E-state index contributed by atoms with van der Waals surface area (Å²) in [6.07, 6.45) is 4.76. The van der Waals surface area contributed by atoms with Crippen molar-refractivity contribution in [1.82, 2.24) is 20.2 Å². The van der Waals surface area contributed by atoms with E-state index in [4.69, 9.17) is 9.07 Å². The molecular weight excluding hydrogens is 495 g/mol. The molecule has 39 heavy (non-hydrogen) atoms. The SMILES string of the molecule is CC1OB(O)c2ccc(Nc3cc(N[C@H](CO)c4ccccc4)c(-c4nnc(-c5cccnc5)o4)cn3)cc21. The van der Waals surface area contributed by atoms with Crippen LogP contribution in [0.1, 0.15) is 30.2 Å². The minimum atomic E-state index is -0.920. The van der Waals surface area contributed by atoms with Crippen LogP contribution in [0.4, 0.5) is 17.2 Å². The highest BCUT2D eigenvalue weighted by Gasteiger charge is 2.32. The van der Waals surface area contributed by atoms with E-state index in [0.29, 0.717) is 28.5 Å². The number of nitrogens with one attached hydrogen (secondary N) is 2. The van der Waals surface area contributed by atoms with Gasteiger partial charge in [-0.15, -0.1) is 10.2 Å². The van der Waals surface area contributed by atoms with Crippen LogP contribution in [0.3, 0.4) is 0 Å². The van der Waals surface area contributed by atoms with Gasteiger partial charge in [0.05, 0.1) is 35.6 Å². The molecule has 4 heterocycles. The van der Waals surface area contributed by atoms with Gasteiger partial charge in [0.1, 0.15) is 5.82 Å². The molecule has 11 heteroatoms. The fourth-order valence-corrected chi connectivity index (χ4v) is 4.58. The van der Waals surface area contributed by atoms with Crippen molar-refractivity contribution in [3.8, 4) is 22.9 Å². The molecule has 0 saturated heterocycles. The number of rotatable bonds is 8. The Bertz CT molecular complexity index is 1580. The van der Waals surface area contributed by atoms with Gasteiger partial charge < -0.3 is 29.8 Å². The van der Waals surface area contributed by atoms with Crippen LogP contribution >= 0.6 is 0 Å². The minimum absolute atomic E-state index is 0.135. The predicted molar refractivity (Wildman–Crippen MR) is 147 cm³/mol. The Morgan fingerprint density at radius 1 is 1.00 bits per heavy atom. The molecule has 0 aliphatic carbocycles. The second-order valence-corrected chi connectivity index (χ2v) is 9.16. The third-order valence-electron chi connectivity index (χ3n) is 6.58. The second-order valence-electron chi connectivity index (χ2n) is 9.16. The van der Waals surface area contributed by atoms with Crippen molar-refractivity contribution in [3.05, 3.63) is 96.4 Å². The molecule has 2 aromatic carbocycles. The largest absolute Gasteiger partial charge is 0.491 e. The van der Waals surface area contributed by atoms with Crippen molar-refractivity contribution in [2.45, 2.75) is 19.1 Å². The molecule has 4 N–H and O–H groups in total. The third kappa shape index (κ3) is 5.10. The van der Waals surface area contributed by atoms with Crippen LogP contribution in [0.5, 0.6) is 0 Å². The van der Waals surface area contributed by atoms with Gasteiger partial charge in [-0.3, -0.25) is 4.98 Å². The highest BCUT2D eigenvalue weighted by molar-refractivity contribution is 6.61. The standard InChI is InChI=1S/C28H25BN6O4/c1-17-21-12-20(9-10-23(21)29(37)39-17)32-26-13-24(33-25(16-36)18-6-3-2-4-7-18)22(15-31-26)28-35-34-27(38-28)19-8-5-11-30-14-19/h2-15,17,25,36-37H,16H2,1H3,(H2,31,32,33)/t17?,25-/m1/s1. The second kappa shape index (κ2) is 10.7. The number of nitrogens with zero attached hydrogens (tertiary/aromatic N) is 4. The lowest BCUT2D eigenvalue weighted by molar-refractivity contribution is 0.209. The van der Waals surface area contributed by atoms with Crippen LogP contribution in [0.2, 0.25) is 0 Å². The number of aliphatic hydroxyl groups excluding tert-OH is 1. The molecule has 0 saturated carbocycles. The van der Waals surface area contributed by atoms with Crippen LogP contribution in [0.15, 0.2) is 89.7 Å². The molecular formula is C28H25BN6O4. The van der Waals surface area contributed by atoms with Gasteiger partial charge >= 0.3 is 7.12 Å². The highest BCUT2D eigenvalue weighted by atomic mass is 16.5. The molecule has 0 fully saturated rings. The van der Waals surface area contributed by atoms with Crippen LogP contribution < -0.4 is 16.1 Å². The zero-order valence-corrected chi connectivity index (χ0v) is 21.0. The summed E-state index contributed by atoms with van der Waals surface area (Å²) in [6.45, 7) is 1.76. The van der Waals surface area contributed by atoms with E-state index >= 15 is 0 Å². The van der Waals surface area contributed by atoms with Crippen molar-refractivity contribution >= 4 is 29.8 Å². The fourth-order valence-electron chi connectivity index (χ4n) is 4.58. The Kier molecular flexibility index (Phi) is 6.76. The van der Waals surface area contributed by atoms with Crippen molar-refractivity contribution in [2.75, 3.05) is 17.2 Å². The number of hydrogen-bond acceptors (Lipinski definition) is 10. The van der Waals surface area contributed by atoms with Crippen molar-refractivity contribution in [1.29, 1.82) is 0 Å². The van der Waals surface area contributed by atoms with E-state index in [2.05, 4.69) is 30.8 Å². The number of hydrogen-bond donors (Lipinski definition) is 4. The summed E-state index contributed by atoms with van der Waals surface area (Å²) >= 11 is 0. The number of aliphatic hydroxyl groups is 1. The van der Waals surface area contributed by atoms with E-state index in [0.717, 1.165) is 22.3 Å². The minimum Gasteiger partial charge on any atom is -0.423 e. The monoisotopic (exact) mass is 520 g/mol. The highest BCUT2D eigenvalue weighted by Crippen LogP contribution is 2.34. The number of pyridine rings is 2. The first-order valence-corrected chi connectivity index (χ1v) is 12.5. The van der Waals surface area contributed by atoms with E-state index in [1.807, 2.05) is 67.6 Å². The van der Waals surface area contributed by atoms with Crippen molar-refractivity contribution in [2.24, 2.45) is 0 Å². The quantitative estimate of drug-likeness (QED) is 0.223. The van der Waals surface area contributed by atoms with Crippen LogP contribution in [-0.4, -0.2) is 44.0 Å². The number of benzene rings is 2. The molecule has 1 aliphatic rings. The topological polar surface area (TPSA) is 138 Å². The van der Waals surface area contributed by atoms with E-state index < -0.39 is 7.12 Å². The molecule has 1 aliphatic heterocycles. The molecule has 0 spiro atoms. The van der Waals surface area contributed by atoms with Gasteiger partial charge in [-0.05, 0) is 47.8 Å². The molecule has 6 rings (SSSR count). The third-order valence-corrected chi connectivity index (χ3v) is 6.58. The lowest BCUT2D eigenvalue weighted by Crippen LogP contribution is -2.27. The van der Waals surface area contributed by atoms with Gasteiger partial charge in [0, 0.05) is 30.3 Å². The van der Waals surface area contributed by atoms with E-state index in [-0.39, 0.29) is 24.6 Å². The van der Waals surface area contributed by atoms with Gasteiger partial charge in [0.15, 0.2) is 0 Å². The lowest BCUT2D eigenvalue weighted by Gasteiger charge is -2.20. The zero-order chi connectivity index (χ0) is 26.8. The van der Waals surface area contributed by atoms with Gasteiger partial charge in [0.2, 0.25) is 5.89 Å². The first-order chi connectivity index (χ1) is 19.1. The Labute approximate surface area is 224 Å². The first-order valence-electron chi connectivity index (χ1n) is 12.5. The Balaban J connectivity index is 1.35. The summed E-state index contributed by atoms with van der Waals surface area (Å²) in [7, 11) is -0.920. The van der Waals surface area contributed by atoms with E-state index in [1.54, 1.807) is 24.7 Å². The normalized spacial score (nSPS) is 15.2. The maximum Gasteiger partial charge on any atom is 0.491 e. The molecule has 194 valence electrons. The van der Waals surface area contributed by atoms with E-state index in [9.17, 15) is 10.1 Å². The summed E-state index contributed by atoms with van der Waals surface area (Å²) in [5, 5.41) is 35.5. The number of anilines is 3. The molecule has 1 unspecified atom stereocenters. The van der Waals surface area contributed by atoms with Gasteiger partial charge in [-0.25, -0.2) is 4.98 Å². The van der Waals surface area contributed by atoms with Crippen LogP contribution in [0, 0.1) is 0 Å². The smallest absolute Gasteiger partial charge is 0.423 e. The summed E-state index contributed by atoms with van der Waals surface area (Å²) in [5.74, 6) is 1.17. The number of aromatic nitrogens is 4. The fraction of sp³-hybridized carbons (Fsp3) is 0.143. The van der Waals surface area contributed by atoms with Crippen LogP contribution in [0.25, 0.3) is 22.9 Å². The molecule has 3 aromatic heterocycles. The molecule has 5 aromatic rings. The zero-order valence-electron chi connectivity index (χ0n) is 21.0. The Morgan fingerprint density at radius 2 is 1.85 bits per heavy atom. The Hall–Kier alpha value is -4.58. The molecule has 0 amide bonds. The number of fused-ring (bicyclic) bond motifs is 1. The molecule has 10 nitrogen and oxygen atoms in total. The van der Waals surface area contributed by atoms with Crippen molar-refractivity contribution < 1.29 is 19.2 Å². The molecule has 0 bridgehead atoms. The van der Waals surface area contributed by atoms with Gasteiger partial charge in [-0.1, -0.05) is 36.4 Å². The maximum absolute atomic E-state index is 10.2. The summed E-state index contributed by atoms with van der Waals surface area (Å²) in [4.78, 5) is 8.71. The maximum atomic E-state index is 10.2. The van der Waals surface area contributed by atoms with Crippen LogP contribution in [-0.2, 0) is 4.65 Å². The Morgan fingerprint density at radius 3 is 2.64 bits per heavy atom. The summed E-state index contributed by atoms with van der Waals surface area (Å²) in [6, 6.07) is 20.4. The first kappa shape index (κ1) is 24.7. The molecule has 2 atom stereocenters. The average Bonchev–Trinajstić information content (AvgIpc) is 3.57. The predicted octanol–water partition coefficient (Wildman–Crippen LogP) is 3.86. The lowest BCUT2D eigenvalue weighted by atomic mass is 9.79. The van der Waals surface area contributed by atoms with Gasteiger partial charge in [-0.2, -0.15) is 0 Å². The summed E-state index contributed by atoms with van der Waals surface area (Å²) < 4.78 is 11.5. The average molecular weight is 520 g/mol. The van der Waals surface area contributed by atoms with Gasteiger partial charge in [0.25, 0.3) is 5.89 Å².